The number of furan rings is 1. The smallest absolute Gasteiger partial charge is 0.341 e. The van der Waals surface area contributed by atoms with Gasteiger partial charge in [0, 0.05) is 18.3 Å². The molecular weight excluding hydrogens is 308 g/mol. The largest absolute Gasteiger partial charge is 0.465 e. The molecule has 24 heavy (non-hydrogen) atoms. The monoisotopic (exact) mass is 326 g/mol. The topological polar surface area (TPSA) is 83.5 Å². The molecule has 0 aliphatic heterocycles. The molecule has 1 aromatic heterocycles. The first-order chi connectivity index (χ1) is 11.5. The van der Waals surface area contributed by atoms with Crippen LogP contribution in [0.25, 0.3) is 0 Å². The van der Waals surface area contributed by atoms with Crippen LogP contribution >= 0.6 is 0 Å². The lowest BCUT2D eigenvalue weighted by Crippen LogP contribution is -2.31. The number of hydrogen-bond donors (Lipinski definition) is 0. The third-order valence-corrected chi connectivity index (χ3v) is 3.73. The molecule has 0 aliphatic carbocycles. The van der Waals surface area contributed by atoms with Gasteiger partial charge in [-0.05, 0) is 37.1 Å². The minimum Gasteiger partial charge on any atom is -0.465 e. The van der Waals surface area contributed by atoms with Gasteiger partial charge in [0.2, 0.25) is 0 Å². The molecule has 6 heteroatoms. The second-order valence-corrected chi connectivity index (χ2v) is 5.32. The number of nitriles is 1. The number of aryl methyl sites for hydroxylation is 2. The lowest BCUT2D eigenvalue weighted by molar-refractivity contribution is 0.0600. The third-order valence-electron chi connectivity index (χ3n) is 3.73. The van der Waals surface area contributed by atoms with Gasteiger partial charge in [-0.25, -0.2) is 4.79 Å². The zero-order chi connectivity index (χ0) is 17.7. The van der Waals surface area contributed by atoms with Crippen LogP contribution in [0, 0.1) is 25.2 Å². The Hall–Kier alpha value is -3.07. The van der Waals surface area contributed by atoms with Crippen molar-refractivity contribution in [3.63, 3.8) is 0 Å². The van der Waals surface area contributed by atoms with Gasteiger partial charge in [-0.2, -0.15) is 5.26 Å². The molecule has 0 atom stereocenters. The second-order valence-electron chi connectivity index (χ2n) is 5.32. The molecule has 0 N–H and O–H groups in total. The van der Waals surface area contributed by atoms with Crippen LogP contribution in [0.3, 0.4) is 0 Å². The summed E-state index contributed by atoms with van der Waals surface area (Å²) in [7, 11) is 1.26. The van der Waals surface area contributed by atoms with E-state index >= 15 is 0 Å². The van der Waals surface area contributed by atoms with Crippen molar-refractivity contribution in [1.29, 1.82) is 5.26 Å². The van der Waals surface area contributed by atoms with Crippen LogP contribution in [-0.4, -0.2) is 25.5 Å². The standard InChI is InChI=1S/C18H18N2O4/c1-12-5-6-15(9-13(12)2)20(8-4-7-19)17(21)16-10-14(11-24-16)18(22)23-3/h5-6,9-11H,4,8H2,1-3H3. The van der Waals surface area contributed by atoms with Gasteiger partial charge in [-0.15, -0.1) is 0 Å². The quantitative estimate of drug-likeness (QED) is 0.788. The number of amides is 1. The van der Waals surface area contributed by atoms with Crippen molar-refractivity contribution >= 4 is 17.6 Å². The number of carbonyl (C=O) groups is 2. The normalized spacial score (nSPS) is 10.1. The molecule has 0 aliphatic rings. The van der Waals surface area contributed by atoms with E-state index in [4.69, 9.17) is 9.68 Å². The van der Waals surface area contributed by atoms with E-state index in [1.807, 2.05) is 38.1 Å². The number of esters is 1. The average Bonchev–Trinajstić information content (AvgIpc) is 3.07. The van der Waals surface area contributed by atoms with Crippen LogP contribution in [0.4, 0.5) is 5.69 Å². The predicted octanol–water partition coefficient (Wildman–Crippen LogP) is 3.24. The molecule has 0 fully saturated rings. The van der Waals surface area contributed by atoms with Crippen LogP contribution in [0.5, 0.6) is 0 Å². The van der Waals surface area contributed by atoms with Gasteiger partial charge in [0.15, 0.2) is 5.76 Å². The van der Waals surface area contributed by atoms with Crippen molar-refractivity contribution in [2.45, 2.75) is 20.3 Å². The van der Waals surface area contributed by atoms with Gasteiger partial charge < -0.3 is 14.1 Å². The van der Waals surface area contributed by atoms with Gasteiger partial charge in [0.25, 0.3) is 5.91 Å². The third kappa shape index (κ3) is 3.63. The molecule has 1 aromatic carbocycles. The molecular formula is C18H18N2O4. The van der Waals surface area contributed by atoms with E-state index in [-0.39, 0.29) is 24.3 Å². The highest BCUT2D eigenvalue weighted by atomic mass is 16.5. The second kappa shape index (κ2) is 7.47. The minimum atomic E-state index is -0.576. The summed E-state index contributed by atoms with van der Waals surface area (Å²) in [6.07, 6.45) is 1.37. The molecule has 0 bridgehead atoms. The maximum Gasteiger partial charge on any atom is 0.341 e. The Morgan fingerprint density at radius 1 is 1.25 bits per heavy atom. The maximum absolute atomic E-state index is 12.7. The van der Waals surface area contributed by atoms with Gasteiger partial charge >= 0.3 is 5.97 Å². The summed E-state index contributed by atoms with van der Waals surface area (Å²) in [6, 6.07) is 9.00. The van der Waals surface area contributed by atoms with Crippen molar-refractivity contribution in [3.05, 3.63) is 53.0 Å². The van der Waals surface area contributed by atoms with Gasteiger partial charge in [0.1, 0.15) is 6.26 Å². The van der Waals surface area contributed by atoms with Crippen molar-refractivity contribution in [2.75, 3.05) is 18.6 Å². The number of anilines is 1. The first-order valence-electron chi connectivity index (χ1n) is 7.41. The van der Waals surface area contributed by atoms with Crippen LogP contribution in [-0.2, 0) is 4.74 Å². The molecule has 2 aromatic rings. The Labute approximate surface area is 140 Å². The Kier molecular flexibility index (Phi) is 5.38. The summed E-state index contributed by atoms with van der Waals surface area (Å²) < 4.78 is 9.81. The summed E-state index contributed by atoms with van der Waals surface area (Å²) in [6.45, 7) is 4.16. The van der Waals surface area contributed by atoms with E-state index < -0.39 is 11.9 Å². The lowest BCUT2D eigenvalue weighted by Gasteiger charge is -2.21. The zero-order valence-electron chi connectivity index (χ0n) is 13.8. The van der Waals surface area contributed by atoms with E-state index in [0.717, 1.165) is 11.1 Å². The highest BCUT2D eigenvalue weighted by molar-refractivity contribution is 6.05. The van der Waals surface area contributed by atoms with E-state index in [2.05, 4.69) is 4.74 Å². The number of ether oxygens (including phenoxy) is 1. The summed E-state index contributed by atoms with van der Waals surface area (Å²) in [4.78, 5) is 25.7. The molecule has 1 heterocycles. The molecule has 0 unspecified atom stereocenters. The van der Waals surface area contributed by atoms with Crippen molar-refractivity contribution in [3.8, 4) is 6.07 Å². The highest BCUT2D eigenvalue weighted by Gasteiger charge is 2.22. The molecule has 6 nitrogen and oxygen atoms in total. The van der Waals surface area contributed by atoms with Gasteiger partial charge in [-0.1, -0.05) is 6.07 Å². The van der Waals surface area contributed by atoms with E-state index in [0.29, 0.717) is 5.69 Å². The fourth-order valence-electron chi connectivity index (χ4n) is 2.21. The van der Waals surface area contributed by atoms with E-state index in [1.165, 1.54) is 24.3 Å². The Balaban J connectivity index is 2.34. The number of benzene rings is 1. The Morgan fingerprint density at radius 2 is 2.00 bits per heavy atom. The molecule has 0 radical (unpaired) electrons. The van der Waals surface area contributed by atoms with E-state index in [9.17, 15) is 9.59 Å². The Morgan fingerprint density at radius 3 is 2.62 bits per heavy atom. The molecule has 124 valence electrons. The van der Waals surface area contributed by atoms with Crippen molar-refractivity contribution < 1.29 is 18.7 Å². The zero-order valence-corrected chi connectivity index (χ0v) is 13.8. The Bertz CT molecular complexity index is 802. The van der Waals surface area contributed by atoms with Crippen LogP contribution < -0.4 is 4.90 Å². The summed E-state index contributed by atoms with van der Waals surface area (Å²) >= 11 is 0. The molecule has 1 amide bonds. The number of carbonyl (C=O) groups excluding carboxylic acids is 2. The molecule has 2 rings (SSSR count). The first-order valence-corrected chi connectivity index (χ1v) is 7.41. The molecule has 0 spiro atoms. The van der Waals surface area contributed by atoms with Crippen LogP contribution in [0.1, 0.15) is 38.5 Å². The van der Waals surface area contributed by atoms with Crippen LogP contribution in [0.2, 0.25) is 0 Å². The lowest BCUT2D eigenvalue weighted by atomic mass is 10.1. The van der Waals surface area contributed by atoms with Gasteiger partial charge in [0.05, 0.1) is 25.2 Å². The van der Waals surface area contributed by atoms with Crippen molar-refractivity contribution in [2.24, 2.45) is 0 Å². The summed E-state index contributed by atoms with van der Waals surface area (Å²) in [5.41, 5.74) is 2.99. The van der Waals surface area contributed by atoms with Crippen molar-refractivity contribution in [1.82, 2.24) is 0 Å². The minimum absolute atomic E-state index is 0.0200. The number of methoxy groups -OCH3 is 1. The number of nitrogens with zero attached hydrogens (tertiary/aromatic N) is 2. The fraction of sp³-hybridized carbons (Fsp3) is 0.278. The SMILES string of the molecule is COC(=O)c1coc(C(=O)N(CCC#N)c2ccc(C)c(C)c2)c1. The number of rotatable bonds is 5. The van der Waals surface area contributed by atoms with Gasteiger partial charge in [-0.3, -0.25) is 4.79 Å². The maximum atomic E-state index is 12.7. The summed E-state index contributed by atoms with van der Waals surface area (Å²) in [5, 5.41) is 8.85. The predicted molar refractivity (Wildman–Crippen MR) is 87.9 cm³/mol. The van der Waals surface area contributed by atoms with Crippen LogP contribution in [0.15, 0.2) is 34.9 Å². The molecule has 0 saturated carbocycles. The first kappa shape index (κ1) is 17.3. The van der Waals surface area contributed by atoms with E-state index in [1.54, 1.807) is 0 Å². The summed E-state index contributed by atoms with van der Waals surface area (Å²) in [5.74, 6) is -0.970. The molecule has 0 saturated heterocycles. The number of hydrogen-bond acceptors (Lipinski definition) is 5. The fourth-order valence-corrected chi connectivity index (χ4v) is 2.21. The average molecular weight is 326 g/mol. The highest BCUT2D eigenvalue weighted by Crippen LogP contribution is 2.22.